The largest absolute Gasteiger partial charge is 0.449 e. The first-order valence-corrected chi connectivity index (χ1v) is 8.14. The molecule has 0 fully saturated rings. The van der Waals surface area contributed by atoms with Gasteiger partial charge in [0.1, 0.15) is 0 Å². The van der Waals surface area contributed by atoms with E-state index < -0.39 is 6.09 Å². The Morgan fingerprint density at radius 2 is 2.00 bits per heavy atom. The van der Waals surface area contributed by atoms with Crippen LogP contribution in [0.2, 0.25) is 0 Å². The van der Waals surface area contributed by atoms with Gasteiger partial charge in [-0.05, 0) is 43.7 Å². The van der Waals surface area contributed by atoms with Gasteiger partial charge in [0.25, 0.3) is 0 Å². The Hall–Kier alpha value is -2.47. The van der Waals surface area contributed by atoms with Gasteiger partial charge in [-0.25, -0.2) is 10.2 Å². The number of fused-ring (bicyclic) bond motifs is 2. The van der Waals surface area contributed by atoms with Crippen LogP contribution in [0.25, 0.3) is 0 Å². The Balaban J connectivity index is 1.79. The normalized spacial score (nSPS) is 12.7. The maximum Gasteiger partial charge on any atom is 0.427 e. The van der Waals surface area contributed by atoms with Gasteiger partial charge in [-0.2, -0.15) is 5.10 Å². The molecule has 6 heteroatoms. The number of carbonyl (C=O) groups is 1. The Labute approximate surface area is 139 Å². The SMILES string of the molecule is CCOC(=O)N/N=C(\C)c1ccc2c(c1)Nc1ccccc1S2. The van der Waals surface area contributed by atoms with Crippen LogP contribution in [0.4, 0.5) is 16.2 Å². The molecule has 0 aliphatic carbocycles. The molecule has 0 bridgehead atoms. The summed E-state index contributed by atoms with van der Waals surface area (Å²) in [5.74, 6) is 0. The number of hydrazone groups is 1. The number of carbonyl (C=O) groups excluding carboxylic acids is 1. The molecule has 0 radical (unpaired) electrons. The zero-order valence-corrected chi connectivity index (χ0v) is 13.7. The van der Waals surface area contributed by atoms with E-state index in [1.54, 1.807) is 18.7 Å². The number of benzene rings is 2. The molecule has 0 spiro atoms. The van der Waals surface area contributed by atoms with E-state index in [0.29, 0.717) is 12.3 Å². The van der Waals surface area contributed by atoms with Crippen molar-refractivity contribution in [3.8, 4) is 0 Å². The van der Waals surface area contributed by atoms with Crippen molar-refractivity contribution in [1.29, 1.82) is 0 Å². The number of nitrogens with one attached hydrogen (secondary N) is 2. The molecule has 0 atom stereocenters. The molecule has 2 aromatic rings. The van der Waals surface area contributed by atoms with Crippen molar-refractivity contribution >= 4 is 34.9 Å². The zero-order chi connectivity index (χ0) is 16.2. The van der Waals surface area contributed by atoms with Crippen molar-refractivity contribution in [2.24, 2.45) is 5.10 Å². The summed E-state index contributed by atoms with van der Waals surface area (Å²) in [5, 5.41) is 7.50. The van der Waals surface area contributed by atoms with Gasteiger partial charge in [-0.1, -0.05) is 30.0 Å². The van der Waals surface area contributed by atoms with Crippen LogP contribution < -0.4 is 10.7 Å². The predicted molar refractivity (Wildman–Crippen MR) is 92.7 cm³/mol. The van der Waals surface area contributed by atoms with E-state index in [2.05, 4.69) is 34.0 Å². The molecule has 1 amide bonds. The average molecular weight is 327 g/mol. The molecule has 118 valence electrons. The number of anilines is 2. The van der Waals surface area contributed by atoms with Crippen LogP contribution in [0.15, 0.2) is 57.4 Å². The number of hydrogen-bond acceptors (Lipinski definition) is 5. The van der Waals surface area contributed by atoms with Crippen LogP contribution in [-0.2, 0) is 4.74 Å². The van der Waals surface area contributed by atoms with E-state index in [0.717, 1.165) is 16.9 Å². The summed E-state index contributed by atoms with van der Waals surface area (Å²) in [6, 6.07) is 14.3. The molecular formula is C17H17N3O2S. The molecule has 2 N–H and O–H groups in total. The maximum absolute atomic E-state index is 11.3. The van der Waals surface area contributed by atoms with Gasteiger partial charge < -0.3 is 10.1 Å². The third kappa shape index (κ3) is 3.48. The van der Waals surface area contributed by atoms with E-state index in [4.69, 9.17) is 4.74 Å². The molecule has 1 aliphatic heterocycles. The Kier molecular flexibility index (Phi) is 4.52. The quantitative estimate of drug-likeness (QED) is 0.554. The smallest absolute Gasteiger partial charge is 0.427 e. The fourth-order valence-electron chi connectivity index (χ4n) is 2.22. The average Bonchev–Trinajstić information content (AvgIpc) is 2.57. The van der Waals surface area contributed by atoms with E-state index in [-0.39, 0.29) is 0 Å². The standard InChI is InChI=1S/C17H17N3O2S/c1-3-22-17(21)20-19-11(2)12-8-9-16-14(10-12)18-13-6-4-5-7-15(13)23-16/h4-10,18H,3H2,1-2H3,(H,20,21)/b19-11+. The third-order valence-corrected chi connectivity index (χ3v) is 4.52. The van der Waals surface area contributed by atoms with Crippen LogP contribution in [0.1, 0.15) is 19.4 Å². The van der Waals surface area contributed by atoms with Crippen LogP contribution in [0, 0.1) is 0 Å². The van der Waals surface area contributed by atoms with Crippen molar-refractivity contribution in [3.05, 3.63) is 48.0 Å². The second kappa shape index (κ2) is 6.75. The molecule has 0 unspecified atom stereocenters. The number of ether oxygens (including phenoxy) is 1. The molecule has 1 heterocycles. The Morgan fingerprint density at radius 3 is 2.83 bits per heavy atom. The lowest BCUT2D eigenvalue weighted by Gasteiger charge is -2.21. The fraction of sp³-hybridized carbons (Fsp3) is 0.176. The molecule has 2 aromatic carbocycles. The number of rotatable bonds is 3. The number of amides is 1. The Morgan fingerprint density at radius 1 is 1.22 bits per heavy atom. The lowest BCUT2D eigenvalue weighted by molar-refractivity contribution is 0.152. The van der Waals surface area contributed by atoms with Crippen molar-refractivity contribution in [2.75, 3.05) is 11.9 Å². The molecule has 0 saturated carbocycles. The highest BCUT2D eigenvalue weighted by Gasteiger charge is 2.15. The minimum atomic E-state index is -0.549. The van der Waals surface area contributed by atoms with Gasteiger partial charge in [0.2, 0.25) is 0 Å². The molecule has 0 aromatic heterocycles. The van der Waals surface area contributed by atoms with Gasteiger partial charge in [0, 0.05) is 9.79 Å². The lowest BCUT2D eigenvalue weighted by atomic mass is 10.1. The summed E-state index contributed by atoms with van der Waals surface area (Å²) >= 11 is 1.74. The molecular weight excluding hydrogens is 310 g/mol. The van der Waals surface area contributed by atoms with Gasteiger partial charge >= 0.3 is 6.09 Å². The lowest BCUT2D eigenvalue weighted by Crippen LogP contribution is -2.20. The van der Waals surface area contributed by atoms with E-state index in [1.807, 2.05) is 31.2 Å². The minimum Gasteiger partial charge on any atom is -0.449 e. The van der Waals surface area contributed by atoms with Gasteiger partial charge in [-0.3, -0.25) is 0 Å². The summed E-state index contributed by atoms with van der Waals surface area (Å²) in [6.07, 6.45) is -0.549. The van der Waals surface area contributed by atoms with Crippen molar-refractivity contribution in [3.63, 3.8) is 0 Å². The monoisotopic (exact) mass is 327 g/mol. The number of hydrogen-bond donors (Lipinski definition) is 2. The van der Waals surface area contributed by atoms with Crippen LogP contribution in [-0.4, -0.2) is 18.4 Å². The topological polar surface area (TPSA) is 62.7 Å². The first-order chi connectivity index (χ1) is 11.2. The fourth-order valence-corrected chi connectivity index (χ4v) is 3.19. The summed E-state index contributed by atoms with van der Waals surface area (Å²) in [7, 11) is 0. The second-order valence-electron chi connectivity index (χ2n) is 4.96. The molecule has 0 saturated heterocycles. The number of para-hydroxylation sites is 1. The first kappa shape index (κ1) is 15.4. The molecule has 3 rings (SSSR count). The molecule has 23 heavy (non-hydrogen) atoms. The summed E-state index contributed by atoms with van der Waals surface area (Å²) < 4.78 is 4.78. The van der Waals surface area contributed by atoms with Crippen molar-refractivity contribution in [2.45, 2.75) is 23.6 Å². The Bertz CT molecular complexity index is 774. The van der Waals surface area contributed by atoms with Crippen LogP contribution >= 0.6 is 11.8 Å². The van der Waals surface area contributed by atoms with E-state index in [9.17, 15) is 4.79 Å². The highest BCUT2D eigenvalue weighted by atomic mass is 32.2. The summed E-state index contributed by atoms with van der Waals surface area (Å²) in [5.41, 5.74) is 6.17. The first-order valence-electron chi connectivity index (χ1n) is 7.32. The van der Waals surface area contributed by atoms with E-state index in [1.165, 1.54) is 9.79 Å². The van der Waals surface area contributed by atoms with E-state index >= 15 is 0 Å². The highest BCUT2D eigenvalue weighted by Crippen LogP contribution is 2.44. The zero-order valence-electron chi connectivity index (χ0n) is 12.9. The summed E-state index contributed by atoms with van der Waals surface area (Å²) in [6.45, 7) is 3.92. The minimum absolute atomic E-state index is 0.319. The summed E-state index contributed by atoms with van der Waals surface area (Å²) in [4.78, 5) is 13.7. The molecule has 1 aliphatic rings. The highest BCUT2D eigenvalue weighted by molar-refractivity contribution is 7.99. The van der Waals surface area contributed by atoms with Gasteiger partial charge in [0.05, 0.1) is 23.7 Å². The third-order valence-electron chi connectivity index (χ3n) is 3.36. The van der Waals surface area contributed by atoms with Crippen molar-refractivity contribution in [1.82, 2.24) is 5.43 Å². The van der Waals surface area contributed by atoms with Gasteiger partial charge in [0.15, 0.2) is 0 Å². The number of nitrogens with zero attached hydrogens (tertiary/aromatic N) is 1. The van der Waals surface area contributed by atoms with Crippen LogP contribution in [0.5, 0.6) is 0 Å². The maximum atomic E-state index is 11.3. The second-order valence-corrected chi connectivity index (χ2v) is 6.05. The van der Waals surface area contributed by atoms with Crippen LogP contribution in [0.3, 0.4) is 0 Å². The van der Waals surface area contributed by atoms with Crippen molar-refractivity contribution < 1.29 is 9.53 Å². The van der Waals surface area contributed by atoms with Gasteiger partial charge in [-0.15, -0.1) is 0 Å². The molecule has 5 nitrogen and oxygen atoms in total. The predicted octanol–water partition coefficient (Wildman–Crippen LogP) is 4.36.